The quantitative estimate of drug-likeness (QED) is 0.0584. The average molecular weight is 531 g/mol. The molecule has 0 bridgehead atoms. The van der Waals surface area contributed by atoms with Crippen molar-refractivity contribution in [3.05, 3.63) is 0 Å². The van der Waals surface area contributed by atoms with Crippen LogP contribution in [0.15, 0.2) is 4.99 Å². The minimum Gasteiger partial charge on any atom is -0.480 e. The smallest absolute Gasteiger partial charge is 0.325 e. The minimum absolute atomic E-state index is 0.107. The molecule has 0 aromatic rings. The second-order valence-corrected chi connectivity index (χ2v) is 8.78. The van der Waals surface area contributed by atoms with Crippen molar-refractivity contribution in [2.45, 2.75) is 75.8 Å². The molecule has 0 spiro atoms. The molecular formula is C21H38N8O8. The number of nitrogens with one attached hydrogen (secondary N) is 3. The van der Waals surface area contributed by atoms with Crippen LogP contribution in [-0.2, 0) is 24.0 Å². The molecule has 37 heavy (non-hydrogen) atoms. The van der Waals surface area contributed by atoms with Crippen LogP contribution in [0.2, 0.25) is 0 Å². The van der Waals surface area contributed by atoms with E-state index in [4.69, 9.17) is 27.4 Å². The van der Waals surface area contributed by atoms with Gasteiger partial charge in [0.05, 0.1) is 12.7 Å². The van der Waals surface area contributed by atoms with Crippen LogP contribution in [0.25, 0.3) is 0 Å². The van der Waals surface area contributed by atoms with Gasteiger partial charge in [-0.1, -0.05) is 0 Å². The number of aliphatic carboxylic acids is 1. The normalized spacial score (nSPS) is 19.1. The van der Waals surface area contributed by atoms with E-state index in [-0.39, 0.29) is 31.9 Å². The maximum Gasteiger partial charge on any atom is 0.325 e. The fraction of sp³-hybridized carbons (Fsp3) is 0.714. The molecule has 16 nitrogen and oxygen atoms in total. The second-order valence-electron chi connectivity index (χ2n) is 8.78. The number of aliphatic hydroxyl groups excluding tert-OH is 2. The lowest BCUT2D eigenvalue weighted by atomic mass is 10.1. The number of carbonyl (C=O) groups excluding carboxylic acids is 4. The van der Waals surface area contributed by atoms with Crippen molar-refractivity contribution in [2.75, 3.05) is 19.7 Å². The highest BCUT2D eigenvalue weighted by atomic mass is 16.4. The number of amides is 4. The van der Waals surface area contributed by atoms with E-state index >= 15 is 0 Å². The number of nitrogens with zero attached hydrogens (tertiary/aromatic N) is 2. The average Bonchev–Trinajstić information content (AvgIpc) is 3.32. The van der Waals surface area contributed by atoms with E-state index in [1.54, 1.807) is 0 Å². The standard InChI is InChI=1S/C21H38N8O8/c1-10(20(36)37)26-18(34)15(11(2)31)28-17(33)14-6-4-8-29(14)19(35)13(5-3-7-25-21(23)24)27-16(32)12(22)9-30/h10-15,30-31H,3-9,22H2,1-2H3,(H,26,34)(H,27,32)(H,28,33)(H,36,37)(H4,23,24,25)/t10-,11+,12-,13-,14-,15-/m0/s1. The minimum atomic E-state index is -1.47. The molecule has 1 fully saturated rings. The molecule has 0 radical (unpaired) electrons. The van der Waals surface area contributed by atoms with Crippen LogP contribution in [0.4, 0.5) is 0 Å². The Labute approximate surface area is 214 Å². The van der Waals surface area contributed by atoms with E-state index in [1.165, 1.54) is 18.7 Å². The highest BCUT2D eigenvalue weighted by molar-refractivity contribution is 5.96. The van der Waals surface area contributed by atoms with Gasteiger partial charge in [-0.15, -0.1) is 0 Å². The largest absolute Gasteiger partial charge is 0.480 e. The Morgan fingerprint density at radius 3 is 2.27 bits per heavy atom. The molecule has 16 heteroatoms. The zero-order valence-electron chi connectivity index (χ0n) is 20.9. The number of carbonyl (C=O) groups is 5. The van der Waals surface area contributed by atoms with Gasteiger partial charge in [0, 0.05) is 13.1 Å². The molecule has 0 unspecified atom stereocenters. The highest BCUT2D eigenvalue weighted by Gasteiger charge is 2.39. The number of carboxylic acid groups (broad SMARTS) is 1. The van der Waals surface area contributed by atoms with Gasteiger partial charge < -0.3 is 53.4 Å². The SMILES string of the molecule is C[C@H](NC(=O)[C@@H](NC(=O)[C@@H]1CCCN1C(=O)[C@H](CCCN=C(N)N)NC(=O)[C@@H](N)CO)[C@@H](C)O)C(=O)O. The molecular weight excluding hydrogens is 492 g/mol. The number of guanidine groups is 1. The Morgan fingerprint density at radius 2 is 1.73 bits per heavy atom. The summed E-state index contributed by atoms with van der Waals surface area (Å²) in [7, 11) is 0. The van der Waals surface area contributed by atoms with Gasteiger partial charge in [0.2, 0.25) is 23.6 Å². The van der Waals surface area contributed by atoms with Gasteiger partial charge in [0.15, 0.2) is 5.96 Å². The van der Waals surface area contributed by atoms with Gasteiger partial charge in [-0.05, 0) is 39.5 Å². The summed E-state index contributed by atoms with van der Waals surface area (Å²) in [4.78, 5) is 67.2. The fourth-order valence-electron chi connectivity index (χ4n) is 3.65. The zero-order chi connectivity index (χ0) is 28.3. The lowest BCUT2D eigenvalue weighted by molar-refractivity contribution is -0.144. The third kappa shape index (κ3) is 9.82. The van der Waals surface area contributed by atoms with Crippen LogP contribution < -0.4 is 33.2 Å². The highest BCUT2D eigenvalue weighted by Crippen LogP contribution is 2.20. The summed E-state index contributed by atoms with van der Waals surface area (Å²) >= 11 is 0. The lowest BCUT2D eigenvalue weighted by Gasteiger charge is -2.30. The van der Waals surface area contributed by atoms with E-state index in [0.29, 0.717) is 12.8 Å². The van der Waals surface area contributed by atoms with Crippen LogP contribution in [0, 0.1) is 0 Å². The Morgan fingerprint density at radius 1 is 1.08 bits per heavy atom. The molecule has 0 aromatic carbocycles. The van der Waals surface area contributed by atoms with E-state index in [2.05, 4.69) is 20.9 Å². The molecule has 1 aliphatic heterocycles. The number of carboxylic acids is 1. The van der Waals surface area contributed by atoms with Crippen LogP contribution in [0.3, 0.4) is 0 Å². The maximum absolute atomic E-state index is 13.4. The van der Waals surface area contributed by atoms with Crippen molar-refractivity contribution < 1.29 is 39.3 Å². The zero-order valence-corrected chi connectivity index (χ0v) is 20.9. The predicted molar refractivity (Wildman–Crippen MR) is 130 cm³/mol. The fourth-order valence-corrected chi connectivity index (χ4v) is 3.65. The van der Waals surface area contributed by atoms with Gasteiger partial charge >= 0.3 is 5.97 Å². The summed E-state index contributed by atoms with van der Waals surface area (Å²) < 4.78 is 0. The molecule has 1 rings (SSSR count). The van der Waals surface area contributed by atoms with Gasteiger partial charge in [0.1, 0.15) is 30.2 Å². The Kier molecular flexibility index (Phi) is 12.7. The summed E-state index contributed by atoms with van der Waals surface area (Å²) in [6.07, 6.45) is -0.244. The predicted octanol–water partition coefficient (Wildman–Crippen LogP) is -4.71. The molecule has 1 saturated heterocycles. The summed E-state index contributed by atoms with van der Waals surface area (Å²) in [6.45, 7) is 2.20. The molecule has 210 valence electrons. The number of aliphatic hydroxyl groups is 2. The number of likely N-dealkylation sites (tertiary alicyclic amines) is 1. The molecule has 1 heterocycles. The molecule has 4 amide bonds. The maximum atomic E-state index is 13.4. The van der Waals surface area contributed by atoms with Crippen molar-refractivity contribution in [3.8, 4) is 0 Å². The van der Waals surface area contributed by atoms with E-state index in [9.17, 15) is 29.1 Å². The molecule has 12 N–H and O–H groups in total. The van der Waals surface area contributed by atoms with Crippen molar-refractivity contribution in [3.63, 3.8) is 0 Å². The number of rotatable bonds is 14. The summed E-state index contributed by atoms with van der Waals surface area (Å²) in [5.41, 5.74) is 16.2. The van der Waals surface area contributed by atoms with Crippen LogP contribution in [0.1, 0.15) is 39.5 Å². The lowest BCUT2D eigenvalue weighted by Crippen LogP contribution is -2.60. The first kappa shape index (κ1) is 31.5. The summed E-state index contributed by atoms with van der Waals surface area (Å²) in [6, 6.07) is -6.10. The monoisotopic (exact) mass is 530 g/mol. The number of nitrogens with two attached hydrogens (primary N) is 3. The van der Waals surface area contributed by atoms with Crippen molar-refractivity contribution in [2.24, 2.45) is 22.2 Å². The van der Waals surface area contributed by atoms with Crippen LogP contribution in [-0.4, -0.2) is 112 Å². The number of hydrogen-bond acceptors (Lipinski definition) is 9. The Hall–Kier alpha value is -3.50. The number of aliphatic imine (C=N–C) groups is 1. The third-order valence-corrected chi connectivity index (χ3v) is 5.72. The van der Waals surface area contributed by atoms with Crippen molar-refractivity contribution in [1.29, 1.82) is 0 Å². The summed E-state index contributed by atoms with van der Waals surface area (Å²) in [5.74, 6) is -4.42. The van der Waals surface area contributed by atoms with Gasteiger partial charge in [-0.25, -0.2) is 0 Å². The van der Waals surface area contributed by atoms with Gasteiger partial charge in [0.25, 0.3) is 0 Å². The first-order chi connectivity index (χ1) is 17.3. The van der Waals surface area contributed by atoms with Gasteiger partial charge in [-0.2, -0.15) is 0 Å². The van der Waals surface area contributed by atoms with E-state index in [1.807, 2.05) is 0 Å². The van der Waals surface area contributed by atoms with E-state index < -0.39 is 72.5 Å². The molecule has 6 atom stereocenters. The Bertz CT molecular complexity index is 863. The third-order valence-electron chi connectivity index (χ3n) is 5.72. The molecule has 1 aliphatic rings. The molecule has 0 aliphatic carbocycles. The molecule has 0 aromatic heterocycles. The summed E-state index contributed by atoms with van der Waals surface area (Å²) in [5, 5.41) is 35.2. The second kappa shape index (κ2) is 14.9. The van der Waals surface area contributed by atoms with E-state index in [0.717, 1.165) is 0 Å². The number of hydrogen-bond donors (Lipinski definition) is 9. The van der Waals surface area contributed by atoms with Crippen molar-refractivity contribution in [1.82, 2.24) is 20.9 Å². The first-order valence-electron chi connectivity index (χ1n) is 11.8. The Balaban J connectivity index is 3.01. The van der Waals surface area contributed by atoms with Crippen molar-refractivity contribution >= 4 is 35.6 Å². The first-order valence-corrected chi connectivity index (χ1v) is 11.8. The van der Waals surface area contributed by atoms with Crippen LogP contribution >= 0.6 is 0 Å². The van der Waals surface area contributed by atoms with Crippen LogP contribution in [0.5, 0.6) is 0 Å². The van der Waals surface area contributed by atoms with Gasteiger partial charge in [-0.3, -0.25) is 29.0 Å². The molecule has 0 saturated carbocycles. The topological polar surface area (TPSA) is 276 Å².